The molecular formula is C13H19ClN2O2. The van der Waals surface area contributed by atoms with E-state index >= 15 is 0 Å². The lowest BCUT2D eigenvalue weighted by Gasteiger charge is -2.11. The molecule has 0 heterocycles. The van der Waals surface area contributed by atoms with Gasteiger partial charge in [0, 0.05) is 5.02 Å². The smallest absolute Gasteiger partial charge is 0.173 e. The van der Waals surface area contributed by atoms with Gasteiger partial charge < -0.3 is 15.7 Å². The highest BCUT2D eigenvalue weighted by atomic mass is 35.5. The van der Waals surface area contributed by atoms with Gasteiger partial charge in [-0.2, -0.15) is 0 Å². The molecule has 3 N–H and O–H groups in total. The van der Waals surface area contributed by atoms with E-state index in [0.29, 0.717) is 22.9 Å². The van der Waals surface area contributed by atoms with Crippen molar-refractivity contribution in [2.75, 3.05) is 6.61 Å². The van der Waals surface area contributed by atoms with Crippen molar-refractivity contribution in [1.29, 1.82) is 0 Å². The average molecular weight is 271 g/mol. The summed E-state index contributed by atoms with van der Waals surface area (Å²) in [4.78, 5) is 0. The molecule has 0 radical (unpaired) electrons. The van der Waals surface area contributed by atoms with Gasteiger partial charge in [0.1, 0.15) is 5.75 Å². The van der Waals surface area contributed by atoms with E-state index in [4.69, 9.17) is 27.3 Å². The van der Waals surface area contributed by atoms with Crippen LogP contribution >= 0.6 is 11.6 Å². The van der Waals surface area contributed by atoms with Crippen molar-refractivity contribution >= 4 is 17.4 Å². The molecule has 0 aliphatic heterocycles. The standard InChI is InChI=1S/C13H19ClN2O2/c1-2-3-4-5-8-18-12-9-10(14)6-7-11(12)13(15)16-17/h6-7,9,17H,2-5,8H2,1H3,(H2,15,16). The fraction of sp³-hybridized carbons (Fsp3) is 0.462. The van der Waals surface area contributed by atoms with Crippen LogP contribution in [-0.2, 0) is 0 Å². The van der Waals surface area contributed by atoms with Crippen LogP contribution in [-0.4, -0.2) is 17.6 Å². The lowest BCUT2D eigenvalue weighted by Crippen LogP contribution is -2.15. The van der Waals surface area contributed by atoms with Crippen molar-refractivity contribution in [3.8, 4) is 5.75 Å². The Morgan fingerprint density at radius 2 is 2.17 bits per heavy atom. The number of oxime groups is 1. The first-order chi connectivity index (χ1) is 8.69. The lowest BCUT2D eigenvalue weighted by molar-refractivity contribution is 0.302. The first kappa shape index (κ1) is 14.6. The van der Waals surface area contributed by atoms with Crippen molar-refractivity contribution in [1.82, 2.24) is 0 Å². The zero-order valence-electron chi connectivity index (χ0n) is 10.5. The van der Waals surface area contributed by atoms with Crippen molar-refractivity contribution < 1.29 is 9.94 Å². The average Bonchev–Trinajstić information content (AvgIpc) is 2.38. The SMILES string of the molecule is CCCCCCOc1cc(Cl)ccc1C(N)=NO. The third-order valence-electron chi connectivity index (χ3n) is 2.58. The highest BCUT2D eigenvalue weighted by Crippen LogP contribution is 2.23. The van der Waals surface area contributed by atoms with Gasteiger partial charge in [-0.05, 0) is 24.6 Å². The topological polar surface area (TPSA) is 67.8 Å². The van der Waals surface area contributed by atoms with Crippen LogP contribution in [0, 0.1) is 0 Å². The van der Waals surface area contributed by atoms with Gasteiger partial charge in [-0.25, -0.2) is 0 Å². The molecule has 0 saturated heterocycles. The Balaban J connectivity index is 2.65. The van der Waals surface area contributed by atoms with E-state index in [9.17, 15) is 0 Å². The number of ether oxygens (including phenoxy) is 1. The predicted octanol–water partition coefficient (Wildman–Crippen LogP) is 3.39. The van der Waals surface area contributed by atoms with Crippen molar-refractivity contribution in [2.24, 2.45) is 10.9 Å². The Kier molecular flexibility index (Phi) is 6.36. The van der Waals surface area contributed by atoms with Crippen molar-refractivity contribution in [3.05, 3.63) is 28.8 Å². The summed E-state index contributed by atoms with van der Waals surface area (Å²) in [5.74, 6) is 0.574. The van der Waals surface area contributed by atoms with Crippen LogP contribution in [0.3, 0.4) is 0 Å². The summed E-state index contributed by atoms with van der Waals surface area (Å²) in [5.41, 5.74) is 6.13. The molecule has 5 heteroatoms. The van der Waals surface area contributed by atoms with Crippen molar-refractivity contribution in [3.63, 3.8) is 0 Å². The largest absolute Gasteiger partial charge is 0.493 e. The summed E-state index contributed by atoms with van der Waals surface area (Å²) in [7, 11) is 0. The molecule has 1 aromatic rings. The van der Waals surface area contributed by atoms with E-state index in [2.05, 4.69) is 12.1 Å². The second kappa shape index (κ2) is 7.82. The van der Waals surface area contributed by atoms with Gasteiger partial charge in [0.25, 0.3) is 0 Å². The highest BCUT2D eigenvalue weighted by molar-refractivity contribution is 6.30. The van der Waals surface area contributed by atoms with Crippen molar-refractivity contribution in [2.45, 2.75) is 32.6 Å². The molecule has 0 aromatic heterocycles. The minimum absolute atomic E-state index is 0.0234. The van der Waals surface area contributed by atoms with Gasteiger partial charge in [0.2, 0.25) is 0 Å². The molecule has 0 aliphatic carbocycles. The number of hydrogen-bond donors (Lipinski definition) is 2. The normalized spacial score (nSPS) is 11.6. The Labute approximate surface area is 112 Å². The van der Waals surface area contributed by atoms with Crippen LogP contribution in [0.4, 0.5) is 0 Å². The highest BCUT2D eigenvalue weighted by Gasteiger charge is 2.09. The van der Waals surface area contributed by atoms with E-state index in [1.54, 1.807) is 18.2 Å². The second-order valence-electron chi connectivity index (χ2n) is 4.03. The first-order valence-corrected chi connectivity index (χ1v) is 6.47. The molecule has 1 aromatic carbocycles. The molecule has 0 fully saturated rings. The molecule has 0 saturated carbocycles. The van der Waals surface area contributed by atoms with Crippen LogP contribution in [0.25, 0.3) is 0 Å². The molecule has 0 bridgehead atoms. The Morgan fingerprint density at radius 1 is 1.39 bits per heavy atom. The van der Waals surface area contributed by atoms with Crippen LogP contribution in [0.2, 0.25) is 5.02 Å². The molecule has 100 valence electrons. The first-order valence-electron chi connectivity index (χ1n) is 6.09. The van der Waals surface area contributed by atoms with E-state index in [1.165, 1.54) is 12.8 Å². The van der Waals surface area contributed by atoms with Crippen LogP contribution in [0.15, 0.2) is 23.4 Å². The number of rotatable bonds is 7. The van der Waals surface area contributed by atoms with Gasteiger partial charge in [-0.1, -0.05) is 42.9 Å². The molecular weight excluding hydrogens is 252 g/mol. The second-order valence-corrected chi connectivity index (χ2v) is 4.47. The van der Waals surface area contributed by atoms with Gasteiger partial charge in [-0.15, -0.1) is 0 Å². The molecule has 18 heavy (non-hydrogen) atoms. The zero-order valence-corrected chi connectivity index (χ0v) is 11.3. The number of benzene rings is 1. The minimum atomic E-state index is 0.0234. The molecule has 0 amide bonds. The summed E-state index contributed by atoms with van der Waals surface area (Å²) in [5, 5.41) is 12.2. The van der Waals surface area contributed by atoms with E-state index in [0.717, 1.165) is 12.8 Å². The van der Waals surface area contributed by atoms with E-state index < -0.39 is 0 Å². The summed E-state index contributed by atoms with van der Waals surface area (Å²) < 4.78 is 5.63. The molecule has 0 aliphatic rings. The minimum Gasteiger partial charge on any atom is -0.493 e. The quantitative estimate of drug-likeness (QED) is 0.262. The maximum atomic E-state index is 8.70. The predicted molar refractivity (Wildman–Crippen MR) is 73.6 cm³/mol. The Morgan fingerprint density at radius 3 is 2.83 bits per heavy atom. The molecule has 1 rings (SSSR count). The summed E-state index contributed by atoms with van der Waals surface area (Å²) in [6.45, 7) is 2.76. The van der Waals surface area contributed by atoms with Gasteiger partial charge in [0.05, 0.1) is 12.2 Å². The Bertz CT molecular complexity index is 408. The summed E-state index contributed by atoms with van der Waals surface area (Å²) in [6, 6.07) is 5.03. The number of halogens is 1. The van der Waals surface area contributed by atoms with E-state index in [1.807, 2.05) is 0 Å². The number of unbranched alkanes of at least 4 members (excludes halogenated alkanes) is 3. The molecule has 0 spiro atoms. The molecule has 0 unspecified atom stereocenters. The summed E-state index contributed by atoms with van der Waals surface area (Å²) >= 11 is 5.90. The monoisotopic (exact) mass is 270 g/mol. The number of hydrogen-bond acceptors (Lipinski definition) is 3. The number of amidine groups is 1. The zero-order chi connectivity index (χ0) is 13.4. The number of nitrogens with zero attached hydrogens (tertiary/aromatic N) is 1. The van der Waals surface area contributed by atoms with Crippen LogP contribution in [0.1, 0.15) is 38.2 Å². The van der Waals surface area contributed by atoms with Crippen LogP contribution < -0.4 is 10.5 Å². The summed E-state index contributed by atoms with van der Waals surface area (Å²) in [6.07, 6.45) is 4.50. The fourth-order valence-corrected chi connectivity index (χ4v) is 1.75. The maximum Gasteiger partial charge on any atom is 0.173 e. The lowest BCUT2D eigenvalue weighted by atomic mass is 10.2. The van der Waals surface area contributed by atoms with Gasteiger partial charge >= 0.3 is 0 Å². The third-order valence-corrected chi connectivity index (χ3v) is 2.82. The Hall–Kier alpha value is -1.42. The molecule has 0 atom stereocenters. The van der Waals surface area contributed by atoms with Crippen LogP contribution in [0.5, 0.6) is 5.75 Å². The third kappa shape index (κ3) is 4.45. The van der Waals surface area contributed by atoms with Gasteiger partial charge in [0.15, 0.2) is 5.84 Å². The van der Waals surface area contributed by atoms with E-state index in [-0.39, 0.29) is 5.84 Å². The maximum absolute atomic E-state index is 8.70. The number of nitrogens with two attached hydrogens (primary N) is 1. The van der Waals surface area contributed by atoms with Gasteiger partial charge in [-0.3, -0.25) is 0 Å². The fourth-order valence-electron chi connectivity index (χ4n) is 1.59. The molecule has 4 nitrogen and oxygen atoms in total.